The monoisotopic (exact) mass is 190 g/mol. The molecule has 1 aromatic carbocycles. The zero-order valence-corrected chi connectivity index (χ0v) is 9.88. The molecule has 0 aliphatic rings. The minimum atomic E-state index is 0.791. The summed E-state index contributed by atoms with van der Waals surface area (Å²) in [6, 6.07) is 8.74. The lowest BCUT2D eigenvalue weighted by Crippen LogP contribution is -2.11. The van der Waals surface area contributed by atoms with Crippen molar-refractivity contribution in [3.63, 3.8) is 0 Å². The van der Waals surface area contributed by atoms with Gasteiger partial charge in [-0.1, -0.05) is 51.5 Å². The van der Waals surface area contributed by atoms with Gasteiger partial charge >= 0.3 is 0 Å². The SMILES string of the molecule is CCC(Cc1ccccc1C)C(C)C. The Bertz CT molecular complexity index is 273. The third-order valence-electron chi connectivity index (χ3n) is 3.21. The molecule has 0 saturated carbocycles. The van der Waals surface area contributed by atoms with Crippen molar-refractivity contribution < 1.29 is 0 Å². The summed E-state index contributed by atoms with van der Waals surface area (Å²) in [5, 5.41) is 0. The summed E-state index contributed by atoms with van der Waals surface area (Å²) in [5.41, 5.74) is 2.96. The smallest absolute Gasteiger partial charge is 0.0245 e. The summed E-state index contributed by atoms with van der Waals surface area (Å²) in [6.07, 6.45) is 2.52. The van der Waals surface area contributed by atoms with Gasteiger partial charge in [0.25, 0.3) is 0 Å². The summed E-state index contributed by atoms with van der Waals surface area (Å²) in [6.45, 7) is 9.16. The third kappa shape index (κ3) is 2.87. The number of hydrogen-bond acceptors (Lipinski definition) is 0. The topological polar surface area (TPSA) is 0 Å². The molecule has 14 heavy (non-hydrogen) atoms. The minimum Gasteiger partial charge on any atom is -0.0651 e. The van der Waals surface area contributed by atoms with E-state index in [2.05, 4.69) is 52.0 Å². The first-order chi connectivity index (χ1) is 6.65. The molecule has 1 aromatic rings. The molecular weight excluding hydrogens is 168 g/mol. The molecule has 0 spiro atoms. The Morgan fingerprint density at radius 3 is 2.29 bits per heavy atom. The van der Waals surface area contributed by atoms with Crippen LogP contribution in [0.1, 0.15) is 38.3 Å². The van der Waals surface area contributed by atoms with Crippen molar-refractivity contribution in [2.45, 2.75) is 40.5 Å². The number of benzene rings is 1. The van der Waals surface area contributed by atoms with E-state index in [1.165, 1.54) is 24.0 Å². The highest BCUT2D eigenvalue weighted by atomic mass is 14.2. The Morgan fingerprint density at radius 2 is 1.79 bits per heavy atom. The maximum Gasteiger partial charge on any atom is -0.0245 e. The van der Waals surface area contributed by atoms with Gasteiger partial charge in [-0.25, -0.2) is 0 Å². The molecule has 1 rings (SSSR count). The molecule has 0 saturated heterocycles. The first-order valence-corrected chi connectivity index (χ1v) is 5.69. The number of hydrogen-bond donors (Lipinski definition) is 0. The lowest BCUT2D eigenvalue weighted by Gasteiger charge is -2.19. The van der Waals surface area contributed by atoms with Gasteiger partial charge in [0.1, 0.15) is 0 Å². The number of aryl methyl sites for hydroxylation is 1. The van der Waals surface area contributed by atoms with Gasteiger partial charge in [0, 0.05) is 0 Å². The predicted octanol–water partition coefficient (Wildman–Crippen LogP) is 4.22. The maximum absolute atomic E-state index is 2.33. The largest absolute Gasteiger partial charge is 0.0651 e. The van der Waals surface area contributed by atoms with Gasteiger partial charge in [-0.2, -0.15) is 0 Å². The normalized spacial score (nSPS) is 13.2. The van der Waals surface area contributed by atoms with E-state index in [1.54, 1.807) is 0 Å². The predicted molar refractivity (Wildman–Crippen MR) is 63.5 cm³/mol. The molecule has 78 valence electrons. The van der Waals surface area contributed by atoms with Crippen LogP contribution in [-0.4, -0.2) is 0 Å². The second-order valence-corrected chi connectivity index (χ2v) is 4.54. The van der Waals surface area contributed by atoms with Gasteiger partial charge < -0.3 is 0 Å². The van der Waals surface area contributed by atoms with Gasteiger partial charge in [0.05, 0.1) is 0 Å². The van der Waals surface area contributed by atoms with E-state index < -0.39 is 0 Å². The Morgan fingerprint density at radius 1 is 1.14 bits per heavy atom. The van der Waals surface area contributed by atoms with Crippen molar-refractivity contribution >= 4 is 0 Å². The van der Waals surface area contributed by atoms with Crippen molar-refractivity contribution in [1.82, 2.24) is 0 Å². The van der Waals surface area contributed by atoms with Crippen LogP contribution in [0.25, 0.3) is 0 Å². The highest BCUT2D eigenvalue weighted by Gasteiger charge is 2.12. The Hall–Kier alpha value is -0.780. The minimum absolute atomic E-state index is 0.791. The molecular formula is C14H22. The van der Waals surface area contributed by atoms with E-state index in [4.69, 9.17) is 0 Å². The lowest BCUT2D eigenvalue weighted by atomic mass is 9.86. The van der Waals surface area contributed by atoms with E-state index >= 15 is 0 Å². The average molecular weight is 190 g/mol. The summed E-state index contributed by atoms with van der Waals surface area (Å²) < 4.78 is 0. The average Bonchev–Trinajstić information content (AvgIpc) is 2.16. The standard InChI is InChI=1S/C14H22/c1-5-13(11(2)3)10-14-9-7-6-8-12(14)4/h6-9,11,13H,5,10H2,1-4H3. The summed E-state index contributed by atoms with van der Waals surface area (Å²) in [7, 11) is 0. The van der Waals surface area contributed by atoms with Crippen LogP contribution in [-0.2, 0) is 6.42 Å². The molecule has 1 unspecified atom stereocenters. The fourth-order valence-electron chi connectivity index (χ4n) is 1.97. The molecule has 0 radical (unpaired) electrons. The summed E-state index contributed by atoms with van der Waals surface area (Å²) >= 11 is 0. The van der Waals surface area contributed by atoms with Gasteiger partial charge in [-0.15, -0.1) is 0 Å². The van der Waals surface area contributed by atoms with Gasteiger partial charge in [0.2, 0.25) is 0 Å². The summed E-state index contributed by atoms with van der Waals surface area (Å²) in [4.78, 5) is 0. The van der Waals surface area contributed by atoms with E-state index in [1.807, 2.05) is 0 Å². The maximum atomic E-state index is 2.33. The van der Waals surface area contributed by atoms with Crippen LogP contribution >= 0.6 is 0 Å². The molecule has 0 amide bonds. The van der Waals surface area contributed by atoms with Crippen molar-refractivity contribution in [2.75, 3.05) is 0 Å². The fraction of sp³-hybridized carbons (Fsp3) is 0.571. The van der Waals surface area contributed by atoms with E-state index in [-0.39, 0.29) is 0 Å². The van der Waals surface area contributed by atoms with Crippen LogP contribution in [0.2, 0.25) is 0 Å². The highest BCUT2D eigenvalue weighted by Crippen LogP contribution is 2.21. The van der Waals surface area contributed by atoms with Crippen LogP contribution in [0.4, 0.5) is 0 Å². The Labute approximate surface area is 88.4 Å². The molecule has 0 aliphatic carbocycles. The second kappa shape index (κ2) is 5.19. The molecule has 0 fully saturated rings. The molecule has 0 N–H and O–H groups in total. The van der Waals surface area contributed by atoms with E-state index in [0.29, 0.717) is 0 Å². The van der Waals surface area contributed by atoms with E-state index in [9.17, 15) is 0 Å². The van der Waals surface area contributed by atoms with Gasteiger partial charge in [-0.05, 0) is 36.3 Å². The van der Waals surface area contributed by atoms with Crippen molar-refractivity contribution in [1.29, 1.82) is 0 Å². The van der Waals surface area contributed by atoms with E-state index in [0.717, 1.165) is 11.8 Å². The van der Waals surface area contributed by atoms with Crippen molar-refractivity contribution in [3.8, 4) is 0 Å². The van der Waals surface area contributed by atoms with Gasteiger partial charge in [-0.3, -0.25) is 0 Å². The van der Waals surface area contributed by atoms with Gasteiger partial charge in [0.15, 0.2) is 0 Å². The lowest BCUT2D eigenvalue weighted by molar-refractivity contribution is 0.370. The summed E-state index contributed by atoms with van der Waals surface area (Å²) in [5.74, 6) is 1.62. The van der Waals surface area contributed by atoms with Crippen molar-refractivity contribution in [2.24, 2.45) is 11.8 Å². The van der Waals surface area contributed by atoms with Crippen molar-refractivity contribution in [3.05, 3.63) is 35.4 Å². The third-order valence-corrected chi connectivity index (χ3v) is 3.21. The Balaban J connectivity index is 2.72. The molecule has 1 atom stereocenters. The zero-order valence-electron chi connectivity index (χ0n) is 9.88. The molecule has 0 nitrogen and oxygen atoms in total. The van der Waals surface area contributed by atoms with Crippen LogP contribution in [0, 0.1) is 18.8 Å². The molecule has 0 heterocycles. The van der Waals surface area contributed by atoms with Crippen LogP contribution < -0.4 is 0 Å². The van der Waals surface area contributed by atoms with Crippen LogP contribution in [0.15, 0.2) is 24.3 Å². The fourth-order valence-corrected chi connectivity index (χ4v) is 1.97. The quantitative estimate of drug-likeness (QED) is 0.667. The Kier molecular flexibility index (Phi) is 4.19. The molecule has 0 aromatic heterocycles. The van der Waals surface area contributed by atoms with Crippen LogP contribution in [0.5, 0.6) is 0 Å². The molecule has 0 aliphatic heterocycles. The van der Waals surface area contributed by atoms with Crippen LogP contribution in [0.3, 0.4) is 0 Å². The second-order valence-electron chi connectivity index (χ2n) is 4.54. The first-order valence-electron chi connectivity index (χ1n) is 5.69. The first kappa shape index (κ1) is 11.3. The highest BCUT2D eigenvalue weighted by molar-refractivity contribution is 5.25. The number of rotatable bonds is 4. The molecule has 0 bridgehead atoms. The zero-order chi connectivity index (χ0) is 10.6. The molecule has 0 heteroatoms.